The van der Waals surface area contributed by atoms with Gasteiger partial charge in [-0.05, 0) is 22.9 Å². The van der Waals surface area contributed by atoms with E-state index in [0.717, 1.165) is 29.7 Å². The summed E-state index contributed by atoms with van der Waals surface area (Å²) >= 11 is 6.06. The number of halogens is 1. The van der Waals surface area contributed by atoms with Crippen LogP contribution in [0.25, 0.3) is 10.8 Å². The highest BCUT2D eigenvalue weighted by Gasteiger charge is 2.29. The molecule has 0 aromatic carbocycles. The van der Waals surface area contributed by atoms with Crippen molar-refractivity contribution < 1.29 is 4.74 Å². The maximum Gasteiger partial charge on any atom is 0.138 e. The first kappa shape index (κ1) is 13.6. The van der Waals surface area contributed by atoms with Crippen molar-refractivity contribution in [2.45, 2.75) is 25.9 Å². The Morgan fingerprint density at radius 1 is 1.25 bits per heavy atom. The third-order valence-corrected chi connectivity index (χ3v) is 4.06. The molecule has 3 rings (SSSR count). The van der Waals surface area contributed by atoms with Gasteiger partial charge in [0.05, 0.1) is 6.10 Å². The number of rotatable bonds is 3. The van der Waals surface area contributed by atoms with E-state index in [0.29, 0.717) is 17.2 Å². The van der Waals surface area contributed by atoms with Crippen molar-refractivity contribution in [1.82, 2.24) is 9.97 Å². The Balaban J connectivity index is 2.09. The third kappa shape index (κ3) is 2.23. The molecule has 2 aromatic heterocycles. The van der Waals surface area contributed by atoms with Gasteiger partial charge in [-0.25, -0.2) is 9.97 Å². The van der Waals surface area contributed by atoms with Crippen LogP contribution in [0.15, 0.2) is 18.5 Å². The normalized spacial score (nSPS) is 15.9. The van der Waals surface area contributed by atoms with Crippen molar-refractivity contribution in [3.63, 3.8) is 0 Å². The lowest BCUT2D eigenvalue weighted by Crippen LogP contribution is -2.52. The van der Waals surface area contributed by atoms with Gasteiger partial charge in [0.1, 0.15) is 11.0 Å². The highest BCUT2D eigenvalue weighted by Crippen LogP contribution is 2.33. The number of hydrogen-bond donors (Lipinski definition) is 0. The summed E-state index contributed by atoms with van der Waals surface area (Å²) in [6.07, 6.45) is 4.09. The number of fused-ring (bicyclic) bond motifs is 1. The van der Waals surface area contributed by atoms with E-state index < -0.39 is 0 Å². The van der Waals surface area contributed by atoms with E-state index in [1.807, 2.05) is 18.5 Å². The van der Waals surface area contributed by atoms with Gasteiger partial charge < -0.3 is 9.64 Å². The molecule has 106 valence electrons. The van der Waals surface area contributed by atoms with E-state index in [1.54, 1.807) is 7.11 Å². The summed E-state index contributed by atoms with van der Waals surface area (Å²) in [5.74, 6) is 1.38. The summed E-state index contributed by atoms with van der Waals surface area (Å²) in [4.78, 5) is 11.1. The zero-order valence-electron chi connectivity index (χ0n) is 11.9. The van der Waals surface area contributed by atoms with Crippen LogP contribution in [0.4, 0.5) is 5.82 Å². The maximum atomic E-state index is 6.06. The fraction of sp³-hybridized carbons (Fsp3) is 0.467. The molecule has 0 aliphatic carbocycles. The Bertz CT molecular complexity index is 638. The van der Waals surface area contributed by atoms with Crippen molar-refractivity contribution in [1.29, 1.82) is 0 Å². The average Bonchev–Trinajstić information content (AvgIpc) is 2.36. The number of hydrogen-bond acceptors (Lipinski definition) is 4. The lowest BCUT2D eigenvalue weighted by Gasteiger charge is -2.39. The van der Waals surface area contributed by atoms with E-state index in [-0.39, 0.29) is 0 Å². The minimum Gasteiger partial charge on any atom is -0.378 e. The molecule has 0 amide bonds. The fourth-order valence-electron chi connectivity index (χ4n) is 2.59. The Kier molecular flexibility index (Phi) is 3.52. The predicted octanol–water partition coefficient (Wildman–Crippen LogP) is 3.24. The Labute approximate surface area is 123 Å². The molecule has 0 saturated carbocycles. The van der Waals surface area contributed by atoms with Crippen LogP contribution in [0.3, 0.4) is 0 Å². The number of ether oxygens (including phenoxy) is 1. The molecule has 1 aliphatic heterocycles. The summed E-state index contributed by atoms with van der Waals surface area (Å²) in [5.41, 5.74) is 1.21. The first-order chi connectivity index (χ1) is 9.60. The van der Waals surface area contributed by atoms with Crippen LogP contribution in [0.5, 0.6) is 0 Å². The van der Waals surface area contributed by atoms with Gasteiger partial charge in [-0.2, -0.15) is 0 Å². The molecule has 5 heteroatoms. The molecule has 1 fully saturated rings. The van der Waals surface area contributed by atoms with E-state index in [2.05, 4.69) is 28.7 Å². The average molecular weight is 292 g/mol. The molecule has 0 unspecified atom stereocenters. The predicted molar refractivity (Wildman–Crippen MR) is 81.6 cm³/mol. The van der Waals surface area contributed by atoms with Gasteiger partial charge in [-0.15, -0.1) is 0 Å². The fourth-order valence-corrected chi connectivity index (χ4v) is 2.75. The number of pyridine rings is 2. The molecule has 20 heavy (non-hydrogen) atoms. The van der Waals surface area contributed by atoms with Gasteiger partial charge in [0.25, 0.3) is 0 Å². The summed E-state index contributed by atoms with van der Waals surface area (Å²) in [5, 5.41) is 2.73. The molecule has 0 spiro atoms. The molecule has 3 heterocycles. The van der Waals surface area contributed by atoms with Gasteiger partial charge >= 0.3 is 0 Å². The molecule has 0 atom stereocenters. The molecule has 0 bridgehead atoms. The summed E-state index contributed by atoms with van der Waals surface area (Å²) in [6, 6.07) is 1.94. The van der Waals surface area contributed by atoms with Crippen LogP contribution in [0.2, 0.25) is 5.15 Å². The van der Waals surface area contributed by atoms with Crippen LogP contribution >= 0.6 is 11.6 Å². The van der Waals surface area contributed by atoms with E-state index in [1.165, 1.54) is 5.56 Å². The monoisotopic (exact) mass is 291 g/mol. The number of anilines is 1. The highest BCUT2D eigenvalue weighted by molar-refractivity contribution is 6.30. The number of nitrogens with zero attached hydrogens (tertiary/aromatic N) is 3. The van der Waals surface area contributed by atoms with E-state index in [9.17, 15) is 0 Å². The molecular formula is C15H18ClN3O. The van der Waals surface area contributed by atoms with Gasteiger partial charge in [0, 0.05) is 38.0 Å². The summed E-state index contributed by atoms with van der Waals surface area (Å²) < 4.78 is 5.32. The smallest absolute Gasteiger partial charge is 0.138 e. The summed E-state index contributed by atoms with van der Waals surface area (Å²) in [7, 11) is 1.75. The Morgan fingerprint density at radius 3 is 2.65 bits per heavy atom. The minimum absolute atomic E-state index is 0.303. The quantitative estimate of drug-likeness (QED) is 0.814. The highest BCUT2D eigenvalue weighted by atomic mass is 35.5. The van der Waals surface area contributed by atoms with Crippen LogP contribution in [0, 0.1) is 0 Å². The summed E-state index contributed by atoms with van der Waals surface area (Å²) in [6.45, 7) is 6.08. The standard InChI is InChI=1S/C15H18ClN3O/c1-9(2)12-5-18-15(19-7-10(8-19)20-3)13-6-17-14(16)4-11(12)13/h4-6,9-10H,7-8H2,1-3H3. The molecular weight excluding hydrogens is 274 g/mol. The Hall–Kier alpha value is -1.39. The minimum atomic E-state index is 0.303. The van der Waals surface area contributed by atoms with Crippen LogP contribution in [0.1, 0.15) is 25.3 Å². The molecule has 1 saturated heterocycles. The maximum absolute atomic E-state index is 6.06. The largest absolute Gasteiger partial charge is 0.378 e. The zero-order chi connectivity index (χ0) is 14.3. The molecule has 4 nitrogen and oxygen atoms in total. The second-order valence-corrected chi connectivity index (χ2v) is 5.89. The van der Waals surface area contributed by atoms with Gasteiger partial charge in [0.15, 0.2) is 0 Å². The molecule has 0 radical (unpaired) electrons. The van der Waals surface area contributed by atoms with E-state index in [4.69, 9.17) is 16.3 Å². The van der Waals surface area contributed by atoms with Gasteiger partial charge in [-0.3, -0.25) is 0 Å². The van der Waals surface area contributed by atoms with Crippen molar-refractivity contribution in [2.75, 3.05) is 25.1 Å². The molecule has 2 aromatic rings. The van der Waals surface area contributed by atoms with Gasteiger partial charge in [0.2, 0.25) is 0 Å². The lowest BCUT2D eigenvalue weighted by atomic mass is 9.99. The van der Waals surface area contributed by atoms with Crippen molar-refractivity contribution >= 4 is 28.2 Å². The second kappa shape index (κ2) is 5.19. The Morgan fingerprint density at radius 2 is 2.00 bits per heavy atom. The van der Waals surface area contributed by atoms with Gasteiger partial charge in [-0.1, -0.05) is 25.4 Å². The molecule has 0 N–H and O–H groups in total. The van der Waals surface area contributed by atoms with E-state index >= 15 is 0 Å². The molecule has 1 aliphatic rings. The number of aromatic nitrogens is 2. The topological polar surface area (TPSA) is 38.2 Å². The SMILES string of the molecule is COC1CN(c2ncc(C(C)C)c3cc(Cl)ncc23)C1. The first-order valence-electron chi connectivity index (χ1n) is 6.82. The van der Waals surface area contributed by atoms with Crippen molar-refractivity contribution in [3.05, 3.63) is 29.2 Å². The lowest BCUT2D eigenvalue weighted by molar-refractivity contribution is 0.0785. The van der Waals surface area contributed by atoms with Crippen molar-refractivity contribution in [2.24, 2.45) is 0 Å². The van der Waals surface area contributed by atoms with Crippen LogP contribution in [-0.2, 0) is 4.74 Å². The van der Waals surface area contributed by atoms with Crippen LogP contribution < -0.4 is 4.90 Å². The van der Waals surface area contributed by atoms with Crippen LogP contribution in [-0.4, -0.2) is 36.3 Å². The zero-order valence-corrected chi connectivity index (χ0v) is 12.7. The third-order valence-electron chi connectivity index (χ3n) is 3.85. The first-order valence-corrected chi connectivity index (χ1v) is 7.20. The number of methoxy groups -OCH3 is 1. The van der Waals surface area contributed by atoms with Crippen molar-refractivity contribution in [3.8, 4) is 0 Å². The second-order valence-electron chi connectivity index (χ2n) is 5.51.